The number of esters is 2. The van der Waals surface area contributed by atoms with Crippen LogP contribution in [0.3, 0.4) is 0 Å². The third kappa shape index (κ3) is 26.3. The zero-order chi connectivity index (χ0) is 105. The van der Waals surface area contributed by atoms with Gasteiger partial charge in [-0.05, 0) is 297 Å². The van der Waals surface area contributed by atoms with Crippen molar-refractivity contribution in [3.05, 3.63) is 261 Å². The zero-order valence-electron chi connectivity index (χ0n) is 92.0. The van der Waals surface area contributed by atoms with E-state index in [1.807, 2.05) is 194 Å². The molecule has 0 heterocycles. The van der Waals surface area contributed by atoms with Gasteiger partial charge in [0.25, 0.3) is 0 Å². The Morgan fingerprint density at radius 2 is 0.576 bits per heavy atom. The third-order valence-electron chi connectivity index (χ3n) is 29.9. The highest BCUT2D eigenvalue weighted by Crippen LogP contribution is 2.60. The van der Waals surface area contributed by atoms with Gasteiger partial charge in [-0.15, -0.1) is 0 Å². The molecule has 9 rings (SSSR count). The molecule has 0 fully saturated rings. The maximum absolute atomic E-state index is 18.1. The van der Waals surface area contributed by atoms with Crippen LogP contribution in [0.1, 0.15) is 444 Å². The van der Waals surface area contributed by atoms with Crippen molar-refractivity contribution >= 4 is 23.7 Å². The molecule has 0 bridgehead atoms. The molecule has 9 N–H and O–H groups in total. The molecule has 0 saturated carbocycles. The first kappa shape index (κ1) is 113. The van der Waals surface area contributed by atoms with E-state index in [9.17, 15) is 46.0 Å². The molecule has 760 valence electrons. The molecule has 0 saturated heterocycles. The zero-order valence-corrected chi connectivity index (χ0v) is 92.8. The Hall–Kier alpha value is -9.53. The Labute approximate surface area is 842 Å². The number of carbonyl (C=O) groups is 2. The SMILES string of the molecule is CCCCCCCCCCCCSC(CC(c1cc(C(C)(C)C)c(O)cc1C)c1cc(C(C)(C)C)c(O)cc1C)C(C(COC(=O)CC(C)(c1ccc(O)c(C(C)(C)C)c1)c1ccc(O)c(C(C)(C)C)c1)OC(=O)CC(C)(c1ccc(O)c(C(C)(C)C)c1)c1ccc(O)c(C(C)(C)C)c1)C(CC(C)c1cc(C(C)(C)C)c(O)cc1C)(c1cc(C(C)(C)C)c(O)cc1C)c1cc(C(C)(C)C)c(O)cc1C. The number of thioether (sulfide) groups is 1. The molecule has 4 unspecified atom stereocenters. The Morgan fingerprint density at radius 1 is 0.309 bits per heavy atom. The number of rotatable bonds is 35. The van der Waals surface area contributed by atoms with E-state index in [4.69, 9.17) is 9.47 Å². The average Bonchev–Trinajstić information content (AvgIpc) is 0.708. The van der Waals surface area contributed by atoms with Crippen LogP contribution < -0.4 is 0 Å². The monoisotopic (exact) mass is 1920 g/mol. The van der Waals surface area contributed by atoms with E-state index in [1.54, 1.807) is 24.3 Å². The lowest BCUT2D eigenvalue weighted by Crippen LogP contribution is -2.53. The molecule has 0 aromatic heterocycles. The van der Waals surface area contributed by atoms with Gasteiger partial charge in [-0.25, -0.2) is 0 Å². The summed E-state index contributed by atoms with van der Waals surface area (Å²) in [5, 5.41) is 111. The van der Waals surface area contributed by atoms with Crippen LogP contribution >= 0.6 is 11.8 Å². The fourth-order valence-electron chi connectivity index (χ4n) is 21.8. The van der Waals surface area contributed by atoms with Crippen molar-refractivity contribution in [2.75, 3.05) is 12.4 Å². The van der Waals surface area contributed by atoms with Crippen molar-refractivity contribution in [1.82, 2.24) is 0 Å². The molecule has 9 aromatic carbocycles. The maximum Gasteiger partial charge on any atom is 0.307 e. The van der Waals surface area contributed by atoms with Gasteiger partial charge in [-0.3, -0.25) is 9.59 Å². The first-order valence-electron chi connectivity index (χ1n) is 51.4. The van der Waals surface area contributed by atoms with Gasteiger partial charge in [0.2, 0.25) is 0 Å². The highest BCUT2D eigenvalue weighted by Gasteiger charge is 2.56. The molecule has 0 amide bonds. The lowest BCUT2D eigenvalue weighted by Gasteiger charge is -2.51. The number of phenolic OH excluding ortho intramolecular Hbond substituents is 9. The van der Waals surface area contributed by atoms with E-state index in [2.05, 4.69) is 176 Å². The molecule has 0 radical (unpaired) electrons. The summed E-state index contributed by atoms with van der Waals surface area (Å²) >= 11 is 1.82. The van der Waals surface area contributed by atoms with Gasteiger partial charge in [0, 0.05) is 33.3 Å². The Kier molecular flexibility index (Phi) is 34.9. The van der Waals surface area contributed by atoms with Gasteiger partial charge >= 0.3 is 11.9 Å². The summed E-state index contributed by atoms with van der Waals surface area (Å²) in [6, 6.07) is 42.5. The quantitative estimate of drug-likeness (QED) is 0.0133. The van der Waals surface area contributed by atoms with Crippen molar-refractivity contribution in [1.29, 1.82) is 0 Å². The van der Waals surface area contributed by atoms with Gasteiger partial charge in [0.1, 0.15) is 64.5 Å². The standard InChI is InChI=1S/C125H176O13S/c1-37-38-39-40-41-42-43-44-45-46-55-139-110(68-88(86-66-96(119(23,24)25)105(131)57-76(86)3)87-67-97(120(26,27)28)106(132)58-77(87)4)113(125(89-69-98(121(29,30)31)107(133)59-78(89)5,90-70-99(122(32,33)34)108(134)60-79(90)6)71-80(7)85-65-95(118(20,21)22)104(130)56-75(85)2)109(138-112(136)73-124(36,83-49-53-102(128)93(63-83)116(14,15)16)84-50-54-103(129)94(64-84)117(17,18)19)74-137-111(135)72-123(35,81-47-51-100(126)91(61-81)114(8,9)10)82-48-52-101(127)92(62-82)115(11,12)13/h47-54,56-67,69-70,80,88,109-110,113,126-134H,37-46,55,68,71-74H2,1-36H3. The van der Waals surface area contributed by atoms with Crippen LogP contribution in [0.5, 0.6) is 51.7 Å². The average molecular weight is 1920 g/mol. The Balaban J connectivity index is 1.60. The summed E-state index contributed by atoms with van der Waals surface area (Å²) in [5.41, 5.74) is 7.25. The predicted octanol–water partition coefficient (Wildman–Crippen LogP) is 31.8. The van der Waals surface area contributed by atoms with Crippen molar-refractivity contribution < 1.29 is 65.0 Å². The maximum atomic E-state index is 18.1. The van der Waals surface area contributed by atoms with Gasteiger partial charge in [-0.2, -0.15) is 11.8 Å². The van der Waals surface area contributed by atoms with E-state index >= 15 is 9.59 Å². The molecule has 9 aromatic rings. The van der Waals surface area contributed by atoms with E-state index in [0.717, 1.165) is 99.7 Å². The number of aromatic hydroxyl groups is 9. The molecule has 14 heteroatoms. The van der Waals surface area contributed by atoms with Gasteiger partial charge in [0.05, 0.1) is 12.8 Å². The minimum absolute atomic E-state index is 0.0783. The summed E-state index contributed by atoms with van der Waals surface area (Å²) in [6.45, 7) is 74.3. The van der Waals surface area contributed by atoms with E-state index in [0.29, 0.717) is 72.5 Å². The van der Waals surface area contributed by atoms with Crippen LogP contribution in [0.2, 0.25) is 0 Å². The van der Waals surface area contributed by atoms with Gasteiger partial charge < -0.3 is 55.4 Å². The molecule has 139 heavy (non-hydrogen) atoms. The largest absolute Gasteiger partial charge is 0.508 e. The number of benzene rings is 9. The first-order chi connectivity index (χ1) is 63.8. The van der Waals surface area contributed by atoms with Crippen LogP contribution in [0.4, 0.5) is 0 Å². The van der Waals surface area contributed by atoms with Crippen LogP contribution in [-0.4, -0.2) is 81.6 Å². The summed E-state index contributed by atoms with van der Waals surface area (Å²) in [6.07, 6.45) is 9.13. The van der Waals surface area contributed by atoms with Crippen LogP contribution in [0.15, 0.2) is 133 Å². The number of phenols is 9. The highest BCUT2D eigenvalue weighted by molar-refractivity contribution is 7.99. The molecule has 0 spiro atoms. The predicted molar refractivity (Wildman–Crippen MR) is 580 cm³/mol. The van der Waals surface area contributed by atoms with Crippen molar-refractivity contribution in [3.63, 3.8) is 0 Å². The molecule has 4 atom stereocenters. The minimum atomic E-state index is -1.57. The number of aryl methyl sites for hydroxylation is 5. The van der Waals surface area contributed by atoms with Crippen molar-refractivity contribution in [2.24, 2.45) is 5.92 Å². The van der Waals surface area contributed by atoms with Crippen molar-refractivity contribution in [3.8, 4) is 51.7 Å². The second-order valence-electron chi connectivity index (χ2n) is 50.9. The number of hydrogen-bond donors (Lipinski definition) is 9. The molecule has 0 aliphatic carbocycles. The van der Waals surface area contributed by atoms with E-state index in [-0.39, 0.29) is 77.4 Å². The molecular formula is C125H176O13S. The number of hydrogen-bond acceptors (Lipinski definition) is 14. The third-order valence-corrected chi connectivity index (χ3v) is 31.3. The molecule has 0 aliphatic rings. The Bertz CT molecular complexity index is 5570. The lowest BCUT2D eigenvalue weighted by molar-refractivity contribution is -0.165. The molecule has 0 aliphatic heterocycles. The normalized spacial score (nSPS) is 14.1. The first-order valence-corrected chi connectivity index (χ1v) is 52.4. The van der Waals surface area contributed by atoms with Gasteiger partial charge in [0.15, 0.2) is 0 Å². The van der Waals surface area contributed by atoms with Crippen molar-refractivity contribution in [2.45, 2.75) is 427 Å². The van der Waals surface area contributed by atoms with Crippen LogP contribution in [0, 0.1) is 40.5 Å². The minimum Gasteiger partial charge on any atom is -0.508 e. The fourth-order valence-corrected chi connectivity index (χ4v) is 23.4. The van der Waals surface area contributed by atoms with E-state index in [1.165, 1.54) is 25.7 Å². The van der Waals surface area contributed by atoms with Gasteiger partial charge in [-0.1, -0.05) is 351 Å². The summed E-state index contributed by atoms with van der Waals surface area (Å²) in [5.74, 6) is -1.99. The topological polar surface area (TPSA) is 235 Å². The molecule has 13 nitrogen and oxygen atoms in total. The number of carbonyl (C=O) groups excluding carboxylic acids is 2. The smallest absolute Gasteiger partial charge is 0.307 e. The van der Waals surface area contributed by atoms with Crippen LogP contribution in [-0.2, 0) is 84.0 Å². The Morgan fingerprint density at radius 3 is 0.885 bits per heavy atom. The lowest BCUT2D eigenvalue weighted by atomic mass is 9.55. The summed E-state index contributed by atoms with van der Waals surface area (Å²) < 4.78 is 15.8. The number of ether oxygens (including phenoxy) is 2. The molecular weight excluding hydrogens is 1740 g/mol. The second kappa shape index (κ2) is 42.9. The highest BCUT2D eigenvalue weighted by atomic mass is 32.2. The van der Waals surface area contributed by atoms with E-state index < -0.39 is 113 Å². The second-order valence-corrected chi connectivity index (χ2v) is 52.3. The summed E-state index contributed by atoms with van der Waals surface area (Å²) in [7, 11) is 0. The fraction of sp³-hybridized carbons (Fsp3) is 0.552. The van der Waals surface area contributed by atoms with Crippen LogP contribution in [0.25, 0.3) is 0 Å². The number of unbranched alkanes of at least 4 members (excludes halogenated alkanes) is 9. The summed E-state index contributed by atoms with van der Waals surface area (Å²) in [4.78, 5) is 35.4.